The summed E-state index contributed by atoms with van der Waals surface area (Å²) >= 11 is 1.46. The number of aromatic nitrogens is 2. The third kappa shape index (κ3) is 3.56. The molecule has 1 heterocycles. The standard InChI is InChI=1S/C12H13FN2OS/c1-2-3-11-14-15-12(16-11)17-8-9-4-6-10(13)7-5-9/h4-7H,2-3,8H2,1H3. The highest BCUT2D eigenvalue weighted by Crippen LogP contribution is 2.21. The lowest BCUT2D eigenvalue weighted by Gasteiger charge is -1.97. The highest BCUT2D eigenvalue weighted by Gasteiger charge is 2.06. The summed E-state index contributed by atoms with van der Waals surface area (Å²) in [6, 6.07) is 6.41. The van der Waals surface area contributed by atoms with Crippen molar-refractivity contribution >= 4 is 11.8 Å². The van der Waals surface area contributed by atoms with E-state index < -0.39 is 0 Å². The molecule has 0 radical (unpaired) electrons. The molecule has 2 aromatic rings. The first kappa shape index (κ1) is 12.1. The van der Waals surface area contributed by atoms with Gasteiger partial charge in [0.05, 0.1) is 0 Å². The Morgan fingerprint density at radius 2 is 2.00 bits per heavy atom. The van der Waals surface area contributed by atoms with Crippen LogP contribution in [0.5, 0.6) is 0 Å². The van der Waals surface area contributed by atoms with Crippen LogP contribution in [0.15, 0.2) is 33.9 Å². The smallest absolute Gasteiger partial charge is 0.276 e. The molecule has 0 unspecified atom stereocenters. The first-order valence-electron chi connectivity index (χ1n) is 5.47. The van der Waals surface area contributed by atoms with Crippen molar-refractivity contribution in [3.8, 4) is 0 Å². The molecule has 0 saturated heterocycles. The van der Waals surface area contributed by atoms with E-state index in [1.165, 1.54) is 23.9 Å². The molecule has 0 atom stereocenters. The number of nitrogens with zero attached hydrogens (tertiary/aromatic N) is 2. The molecular weight excluding hydrogens is 239 g/mol. The Kier molecular flexibility index (Phi) is 4.14. The van der Waals surface area contributed by atoms with Crippen LogP contribution in [-0.4, -0.2) is 10.2 Å². The van der Waals surface area contributed by atoms with Crippen LogP contribution in [0.4, 0.5) is 4.39 Å². The summed E-state index contributed by atoms with van der Waals surface area (Å²) in [4.78, 5) is 0. The van der Waals surface area contributed by atoms with Crippen LogP contribution in [-0.2, 0) is 12.2 Å². The fraction of sp³-hybridized carbons (Fsp3) is 0.333. The number of aryl methyl sites for hydroxylation is 1. The normalized spacial score (nSPS) is 10.7. The monoisotopic (exact) mass is 252 g/mol. The Labute approximate surface area is 103 Å². The topological polar surface area (TPSA) is 38.9 Å². The van der Waals surface area contributed by atoms with Crippen molar-refractivity contribution in [2.45, 2.75) is 30.7 Å². The molecule has 17 heavy (non-hydrogen) atoms. The molecule has 0 N–H and O–H groups in total. The van der Waals surface area contributed by atoms with E-state index >= 15 is 0 Å². The highest BCUT2D eigenvalue weighted by atomic mass is 32.2. The van der Waals surface area contributed by atoms with Crippen LogP contribution in [0.25, 0.3) is 0 Å². The van der Waals surface area contributed by atoms with E-state index in [1.54, 1.807) is 12.1 Å². The summed E-state index contributed by atoms with van der Waals surface area (Å²) in [6.45, 7) is 2.07. The van der Waals surface area contributed by atoms with Crippen molar-refractivity contribution in [3.05, 3.63) is 41.5 Å². The first-order chi connectivity index (χ1) is 8.28. The SMILES string of the molecule is CCCc1nnc(SCc2ccc(F)cc2)o1. The maximum Gasteiger partial charge on any atom is 0.276 e. The van der Waals surface area contributed by atoms with Gasteiger partial charge in [0.2, 0.25) is 5.89 Å². The van der Waals surface area contributed by atoms with E-state index in [0.717, 1.165) is 18.4 Å². The number of halogens is 1. The molecule has 0 saturated carbocycles. The fourth-order valence-corrected chi connectivity index (χ4v) is 2.07. The molecular formula is C12H13FN2OS. The van der Waals surface area contributed by atoms with Gasteiger partial charge in [0.15, 0.2) is 0 Å². The van der Waals surface area contributed by atoms with Crippen LogP contribution in [0.3, 0.4) is 0 Å². The molecule has 0 fully saturated rings. The molecule has 0 aliphatic rings. The number of benzene rings is 1. The molecule has 0 amide bonds. The Morgan fingerprint density at radius 1 is 1.24 bits per heavy atom. The van der Waals surface area contributed by atoms with Gasteiger partial charge in [-0.3, -0.25) is 0 Å². The average Bonchev–Trinajstić information content (AvgIpc) is 2.77. The highest BCUT2D eigenvalue weighted by molar-refractivity contribution is 7.98. The van der Waals surface area contributed by atoms with Crippen LogP contribution in [0.2, 0.25) is 0 Å². The Hall–Kier alpha value is -1.36. The molecule has 3 nitrogen and oxygen atoms in total. The van der Waals surface area contributed by atoms with Gasteiger partial charge in [0.25, 0.3) is 5.22 Å². The molecule has 2 rings (SSSR count). The second kappa shape index (κ2) is 5.82. The van der Waals surface area contributed by atoms with Crippen molar-refractivity contribution in [2.24, 2.45) is 0 Å². The zero-order chi connectivity index (χ0) is 12.1. The van der Waals surface area contributed by atoms with Crippen LogP contribution in [0, 0.1) is 5.82 Å². The summed E-state index contributed by atoms with van der Waals surface area (Å²) in [6.07, 6.45) is 1.80. The third-order valence-electron chi connectivity index (χ3n) is 2.19. The van der Waals surface area contributed by atoms with E-state index in [4.69, 9.17) is 4.42 Å². The largest absolute Gasteiger partial charge is 0.416 e. The molecule has 0 bridgehead atoms. The zero-order valence-corrected chi connectivity index (χ0v) is 10.3. The van der Waals surface area contributed by atoms with Crippen molar-refractivity contribution in [1.29, 1.82) is 0 Å². The van der Waals surface area contributed by atoms with Gasteiger partial charge in [-0.05, 0) is 24.1 Å². The van der Waals surface area contributed by atoms with Gasteiger partial charge in [-0.2, -0.15) is 0 Å². The summed E-state index contributed by atoms with van der Waals surface area (Å²) in [5.41, 5.74) is 1.03. The predicted octanol–water partition coefficient (Wildman–Crippen LogP) is 3.45. The van der Waals surface area contributed by atoms with E-state index in [2.05, 4.69) is 17.1 Å². The second-order valence-electron chi connectivity index (χ2n) is 3.63. The summed E-state index contributed by atoms with van der Waals surface area (Å²) in [5, 5.41) is 8.44. The van der Waals surface area contributed by atoms with Gasteiger partial charge in [0.1, 0.15) is 5.82 Å². The van der Waals surface area contributed by atoms with E-state index in [0.29, 0.717) is 16.9 Å². The Morgan fingerprint density at radius 3 is 2.71 bits per heavy atom. The lowest BCUT2D eigenvalue weighted by atomic mass is 10.2. The van der Waals surface area contributed by atoms with E-state index in [9.17, 15) is 4.39 Å². The number of rotatable bonds is 5. The molecule has 1 aromatic heterocycles. The van der Waals surface area contributed by atoms with Gasteiger partial charge in [-0.15, -0.1) is 10.2 Å². The van der Waals surface area contributed by atoms with Crippen LogP contribution < -0.4 is 0 Å². The quantitative estimate of drug-likeness (QED) is 0.764. The minimum atomic E-state index is -0.221. The minimum absolute atomic E-state index is 0.221. The van der Waals surface area contributed by atoms with E-state index in [-0.39, 0.29) is 5.82 Å². The average molecular weight is 252 g/mol. The summed E-state index contributed by atoms with van der Waals surface area (Å²) in [7, 11) is 0. The maximum atomic E-state index is 12.7. The summed E-state index contributed by atoms with van der Waals surface area (Å²) < 4.78 is 18.1. The van der Waals surface area contributed by atoms with Crippen LogP contribution in [0.1, 0.15) is 24.8 Å². The molecule has 5 heteroatoms. The van der Waals surface area contributed by atoms with E-state index in [1.807, 2.05) is 0 Å². The van der Waals surface area contributed by atoms with Crippen LogP contribution >= 0.6 is 11.8 Å². The third-order valence-corrected chi connectivity index (χ3v) is 3.08. The first-order valence-corrected chi connectivity index (χ1v) is 6.46. The minimum Gasteiger partial charge on any atom is -0.416 e. The molecule has 0 aliphatic heterocycles. The lowest BCUT2D eigenvalue weighted by molar-refractivity contribution is 0.411. The van der Waals surface area contributed by atoms with Gasteiger partial charge < -0.3 is 4.42 Å². The number of hydrogen-bond donors (Lipinski definition) is 0. The number of thioether (sulfide) groups is 1. The fourth-order valence-electron chi connectivity index (χ4n) is 1.34. The summed E-state index contributed by atoms with van der Waals surface area (Å²) in [5.74, 6) is 1.16. The zero-order valence-electron chi connectivity index (χ0n) is 9.52. The Balaban J connectivity index is 1.90. The Bertz CT molecular complexity index is 470. The lowest BCUT2D eigenvalue weighted by Crippen LogP contribution is -1.81. The van der Waals surface area contributed by atoms with Gasteiger partial charge in [-0.1, -0.05) is 30.8 Å². The maximum absolute atomic E-state index is 12.7. The van der Waals surface area contributed by atoms with Gasteiger partial charge >= 0.3 is 0 Å². The number of hydrogen-bond acceptors (Lipinski definition) is 4. The van der Waals surface area contributed by atoms with Gasteiger partial charge in [-0.25, -0.2) is 4.39 Å². The molecule has 0 aliphatic carbocycles. The molecule has 90 valence electrons. The van der Waals surface area contributed by atoms with Crippen molar-refractivity contribution in [3.63, 3.8) is 0 Å². The predicted molar refractivity (Wildman–Crippen MR) is 64.3 cm³/mol. The van der Waals surface area contributed by atoms with Crippen molar-refractivity contribution < 1.29 is 8.81 Å². The molecule has 1 aromatic carbocycles. The molecule has 0 spiro atoms. The van der Waals surface area contributed by atoms with Crippen molar-refractivity contribution in [1.82, 2.24) is 10.2 Å². The van der Waals surface area contributed by atoms with Crippen molar-refractivity contribution in [2.75, 3.05) is 0 Å². The second-order valence-corrected chi connectivity index (χ2v) is 4.55. The van der Waals surface area contributed by atoms with Gasteiger partial charge in [0, 0.05) is 12.2 Å².